The molecule has 1 fully saturated rings. The predicted molar refractivity (Wildman–Crippen MR) is 58.0 cm³/mol. The van der Waals surface area contributed by atoms with E-state index in [0.717, 1.165) is 12.8 Å². The van der Waals surface area contributed by atoms with Gasteiger partial charge in [-0.1, -0.05) is 0 Å². The standard InChI is InChI=1S/C13H15F2N/c1-7(2)16-10-5-6-11(16)13-9(15)4-3-8(14)12(10)13/h3-4,7,10-11H,5-6H2,1-2H3. The molecule has 2 unspecified atom stereocenters. The second kappa shape index (κ2) is 3.27. The Balaban J connectivity index is 2.18. The molecule has 0 spiro atoms. The molecule has 0 aromatic heterocycles. The number of nitrogens with zero attached hydrogens (tertiary/aromatic N) is 1. The van der Waals surface area contributed by atoms with Crippen molar-refractivity contribution in [2.45, 2.75) is 44.8 Å². The Morgan fingerprint density at radius 1 is 1.06 bits per heavy atom. The third-order valence-corrected chi connectivity index (χ3v) is 3.88. The highest BCUT2D eigenvalue weighted by atomic mass is 19.1. The molecule has 1 aromatic rings. The van der Waals surface area contributed by atoms with Crippen molar-refractivity contribution in [2.75, 3.05) is 0 Å². The average Bonchev–Trinajstić information content (AvgIpc) is 2.79. The van der Waals surface area contributed by atoms with E-state index in [-0.39, 0.29) is 23.7 Å². The summed E-state index contributed by atoms with van der Waals surface area (Å²) < 4.78 is 27.5. The molecule has 1 aromatic carbocycles. The molecular weight excluding hydrogens is 208 g/mol. The molecule has 1 saturated heterocycles. The zero-order chi connectivity index (χ0) is 11.4. The summed E-state index contributed by atoms with van der Waals surface area (Å²) in [6.07, 6.45) is 1.91. The fourth-order valence-electron chi connectivity index (χ4n) is 3.40. The Labute approximate surface area is 94.1 Å². The van der Waals surface area contributed by atoms with Crippen molar-refractivity contribution < 1.29 is 8.78 Å². The lowest BCUT2D eigenvalue weighted by molar-refractivity contribution is 0.171. The number of fused-ring (bicyclic) bond motifs is 5. The van der Waals surface area contributed by atoms with Gasteiger partial charge in [0.1, 0.15) is 11.6 Å². The van der Waals surface area contributed by atoms with Crippen LogP contribution in [0.1, 0.15) is 49.9 Å². The van der Waals surface area contributed by atoms with Crippen LogP contribution in [0.4, 0.5) is 8.78 Å². The Kier molecular flexibility index (Phi) is 2.08. The van der Waals surface area contributed by atoms with Crippen LogP contribution < -0.4 is 0 Å². The Bertz CT molecular complexity index is 405. The number of benzene rings is 1. The fraction of sp³-hybridized carbons (Fsp3) is 0.538. The second-order valence-corrected chi connectivity index (χ2v) is 5.01. The molecular formula is C13H15F2N. The van der Waals surface area contributed by atoms with Crippen LogP contribution in [0.25, 0.3) is 0 Å². The third kappa shape index (κ3) is 1.12. The van der Waals surface area contributed by atoms with Gasteiger partial charge in [-0.15, -0.1) is 0 Å². The summed E-state index contributed by atoms with van der Waals surface area (Å²) in [4.78, 5) is 2.25. The Hall–Kier alpha value is -0.960. The predicted octanol–water partition coefficient (Wildman–Crippen LogP) is 3.56. The van der Waals surface area contributed by atoms with E-state index in [4.69, 9.17) is 0 Å². The van der Waals surface area contributed by atoms with Crippen LogP contribution in [-0.2, 0) is 0 Å². The molecule has 0 saturated carbocycles. The van der Waals surface area contributed by atoms with Crippen molar-refractivity contribution in [2.24, 2.45) is 0 Å². The van der Waals surface area contributed by atoms with Crippen molar-refractivity contribution in [3.63, 3.8) is 0 Å². The fourth-order valence-corrected chi connectivity index (χ4v) is 3.40. The van der Waals surface area contributed by atoms with E-state index < -0.39 is 0 Å². The minimum Gasteiger partial charge on any atom is -0.287 e. The summed E-state index contributed by atoms with van der Waals surface area (Å²) in [7, 11) is 0. The van der Waals surface area contributed by atoms with Crippen LogP contribution in [-0.4, -0.2) is 10.9 Å². The van der Waals surface area contributed by atoms with E-state index in [9.17, 15) is 8.78 Å². The van der Waals surface area contributed by atoms with Crippen LogP contribution in [0.15, 0.2) is 12.1 Å². The molecule has 2 bridgehead atoms. The quantitative estimate of drug-likeness (QED) is 0.703. The highest BCUT2D eigenvalue weighted by Crippen LogP contribution is 2.55. The van der Waals surface area contributed by atoms with Gasteiger partial charge in [0, 0.05) is 29.3 Å². The van der Waals surface area contributed by atoms with Gasteiger partial charge >= 0.3 is 0 Å². The average molecular weight is 223 g/mol. The van der Waals surface area contributed by atoms with Crippen LogP contribution in [0, 0.1) is 11.6 Å². The molecule has 1 nitrogen and oxygen atoms in total. The lowest BCUT2D eigenvalue weighted by atomic mass is 9.91. The maximum absolute atomic E-state index is 13.8. The van der Waals surface area contributed by atoms with E-state index in [1.165, 1.54) is 12.1 Å². The van der Waals surface area contributed by atoms with Crippen LogP contribution in [0.2, 0.25) is 0 Å². The third-order valence-electron chi connectivity index (χ3n) is 3.88. The largest absolute Gasteiger partial charge is 0.287 e. The monoisotopic (exact) mass is 223 g/mol. The summed E-state index contributed by atoms with van der Waals surface area (Å²) >= 11 is 0. The highest BCUT2D eigenvalue weighted by Gasteiger charge is 2.47. The van der Waals surface area contributed by atoms with Crippen molar-refractivity contribution in [3.05, 3.63) is 34.9 Å². The smallest absolute Gasteiger partial charge is 0.128 e. The van der Waals surface area contributed by atoms with Gasteiger partial charge in [-0.25, -0.2) is 8.78 Å². The number of halogens is 2. The van der Waals surface area contributed by atoms with Gasteiger partial charge in [-0.05, 0) is 38.8 Å². The first-order chi connectivity index (χ1) is 7.61. The molecule has 3 rings (SSSR count). The zero-order valence-electron chi connectivity index (χ0n) is 9.50. The maximum atomic E-state index is 13.8. The first-order valence-corrected chi connectivity index (χ1v) is 5.86. The number of rotatable bonds is 1. The summed E-state index contributed by atoms with van der Waals surface area (Å²) in [6, 6.07) is 3.04. The van der Waals surface area contributed by atoms with Crippen LogP contribution in [0.3, 0.4) is 0 Å². The van der Waals surface area contributed by atoms with Gasteiger partial charge in [-0.3, -0.25) is 4.90 Å². The van der Waals surface area contributed by atoms with Crippen molar-refractivity contribution in [1.29, 1.82) is 0 Å². The second-order valence-electron chi connectivity index (χ2n) is 5.01. The number of hydrogen-bond donors (Lipinski definition) is 0. The summed E-state index contributed by atoms with van der Waals surface area (Å²) in [5, 5.41) is 0. The van der Waals surface area contributed by atoms with E-state index >= 15 is 0 Å². The molecule has 16 heavy (non-hydrogen) atoms. The van der Waals surface area contributed by atoms with Crippen LogP contribution >= 0.6 is 0 Å². The minimum absolute atomic E-state index is 0.0932. The zero-order valence-corrected chi connectivity index (χ0v) is 9.50. The summed E-state index contributed by atoms with van der Waals surface area (Å²) in [6.45, 7) is 4.18. The van der Waals surface area contributed by atoms with Gasteiger partial charge in [0.2, 0.25) is 0 Å². The molecule has 2 atom stereocenters. The van der Waals surface area contributed by atoms with E-state index in [2.05, 4.69) is 18.7 Å². The highest BCUT2D eigenvalue weighted by molar-refractivity contribution is 5.42. The molecule has 0 aliphatic carbocycles. The number of hydrogen-bond acceptors (Lipinski definition) is 1. The first kappa shape index (κ1) is 10.2. The SMILES string of the molecule is CC(C)N1C2CCC1c1c(F)ccc(F)c12. The van der Waals surface area contributed by atoms with E-state index in [0.29, 0.717) is 17.2 Å². The summed E-state index contributed by atoms with van der Waals surface area (Å²) in [5.74, 6) is -0.483. The molecule has 2 aliphatic heterocycles. The first-order valence-electron chi connectivity index (χ1n) is 5.86. The van der Waals surface area contributed by atoms with Crippen molar-refractivity contribution in [3.8, 4) is 0 Å². The lowest BCUT2D eigenvalue weighted by Gasteiger charge is -2.26. The van der Waals surface area contributed by atoms with Gasteiger partial charge in [-0.2, -0.15) is 0 Å². The summed E-state index contributed by atoms with van der Waals surface area (Å²) in [5.41, 5.74) is 1.23. The van der Waals surface area contributed by atoms with Crippen molar-refractivity contribution >= 4 is 0 Å². The normalized spacial score (nSPS) is 27.8. The van der Waals surface area contributed by atoms with Gasteiger partial charge in [0.05, 0.1) is 0 Å². The Morgan fingerprint density at radius 2 is 1.50 bits per heavy atom. The van der Waals surface area contributed by atoms with Crippen molar-refractivity contribution in [1.82, 2.24) is 4.90 Å². The molecule has 0 amide bonds. The lowest BCUT2D eigenvalue weighted by Crippen LogP contribution is -2.27. The minimum atomic E-state index is -0.241. The van der Waals surface area contributed by atoms with Crippen LogP contribution in [0.5, 0.6) is 0 Å². The van der Waals surface area contributed by atoms with Gasteiger partial charge < -0.3 is 0 Å². The molecule has 3 heteroatoms. The van der Waals surface area contributed by atoms with Gasteiger partial charge in [0.15, 0.2) is 0 Å². The molecule has 2 aliphatic rings. The topological polar surface area (TPSA) is 3.24 Å². The molecule has 86 valence electrons. The molecule has 0 N–H and O–H groups in total. The molecule has 2 heterocycles. The van der Waals surface area contributed by atoms with E-state index in [1.807, 2.05) is 0 Å². The maximum Gasteiger partial charge on any atom is 0.128 e. The Morgan fingerprint density at radius 3 is 1.88 bits per heavy atom. The molecule has 0 radical (unpaired) electrons. The van der Waals surface area contributed by atoms with Gasteiger partial charge in [0.25, 0.3) is 0 Å². The van der Waals surface area contributed by atoms with E-state index in [1.54, 1.807) is 0 Å².